The number of para-hydroxylation sites is 1. The van der Waals surface area contributed by atoms with Crippen LogP contribution in [-0.4, -0.2) is 66.5 Å². The molecular weight excluding hydrogens is 413 g/mol. The van der Waals surface area contributed by atoms with E-state index in [1.165, 1.54) is 0 Å². The van der Waals surface area contributed by atoms with Gasteiger partial charge in [-0.2, -0.15) is 0 Å². The number of ether oxygens (including phenoxy) is 1. The zero-order valence-electron chi connectivity index (χ0n) is 17.0. The summed E-state index contributed by atoms with van der Waals surface area (Å²) in [7, 11) is 0. The second-order valence-corrected chi connectivity index (χ2v) is 8.83. The summed E-state index contributed by atoms with van der Waals surface area (Å²) >= 11 is 12.2. The van der Waals surface area contributed by atoms with Crippen LogP contribution >= 0.6 is 23.2 Å². The number of nitrogens with zero attached hydrogens (tertiary/aromatic N) is 2. The Morgan fingerprint density at radius 2 is 1.69 bits per heavy atom. The fourth-order valence-corrected chi connectivity index (χ4v) is 4.59. The van der Waals surface area contributed by atoms with Crippen molar-refractivity contribution in [2.24, 2.45) is 5.92 Å². The first kappa shape index (κ1) is 22.3. The summed E-state index contributed by atoms with van der Waals surface area (Å²) in [4.78, 5) is 29.3. The topological polar surface area (TPSA) is 61.9 Å². The molecule has 0 saturated carbocycles. The van der Waals surface area contributed by atoms with E-state index in [9.17, 15) is 9.59 Å². The molecule has 0 spiro atoms. The molecule has 2 saturated heterocycles. The minimum absolute atomic E-state index is 0.0690. The van der Waals surface area contributed by atoms with Crippen LogP contribution < -0.4 is 5.32 Å². The van der Waals surface area contributed by atoms with E-state index in [2.05, 4.69) is 10.2 Å². The first-order valence-corrected chi connectivity index (χ1v) is 11.0. The molecule has 2 atom stereocenters. The number of halogens is 2. The molecule has 1 aromatic carbocycles. The maximum absolute atomic E-state index is 12.8. The van der Waals surface area contributed by atoms with Crippen molar-refractivity contribution >= 4 is 40.7 Å². The minimum Gasteiger partial charge on any atom is -0.372 e. The molecule has 2 unspecified atom stereocenters. The predicted molar refractivity (Wildman–Crippen MR) is 115 cm³/mol. The number of amides is 2. The highest BCUT2D eigenvalue weighted by molar-refractivity contribution is 6.39. The van der Waals surface area contributed by atoms with Crippen LogP contribution in [0, 0.1) is 5.92 Å². The van der Waals surface area contributed by atoms with Gasteiger partial charge in [0, 0.05) is 32.0 Å². The average Bonchev–Trinajstić information content (AvgIpc) is 2.68. The number of rotatable bonds is 5. The maximum atomic E-state index is 12.8. The van der Waals surface area contributed by atoms with Gasteiger partial charge >= 0.3 is 0 Å². The van der Waals surface area contributed by atoms with Crippen LogP contribution in [0.15, 0.2) is 18.2 Å². The van der Waals surface area contributed by atoms with E-state index in [1.807, 2.05) is 18.7 Å². The molecule has 8 heteroatoms. The Hall–Kier alpha value is -1.34. The quantitative estimate of drug-likeness (QED) is 0.756. The lowest BCUT2D eigenvalue weighted by Gasteiger charge is -2.39. The van der Waals surface area contributed by atoms with E-state index in [0.29, 0.717) is 41.8 Å². The van der Waals surface area contributed by atoms with Crippen molar-refractivity contribution in [3.05, 3.63) is 28.2 Å². The normalized spacial score (nSPS) is 23.8. The van der Waals surface area contributed by atoms with E-state index in [0.717, 1.165) is 25.9 Å². The second-order valence-electron chi connectivity index (χ2n) is 8.01. The van der Waals surface area contributed by atoms with E-state index >= 15 is 0 Å². The van der Waals surface area contributed by atoms with Crippen LogP contribution in [0.3, 0.4) is 0 Å². The van der Waals surface area contributed by atoms with Gasteiger partial charge in [0.15, 0.2) is 0 Å². The number of hydrogen-bond donors (Lipinski definition) is 1. The van der Waals surface area contributed by atoms with Gasteiger partial charge in [0.25, 0.3) is 0 Å². The zero-order valence-corrected chi connectivity index (χ0v) is 18.5. The van der Waals surface area contributed by atoms with Gasteiger partial charge in [-0.15, -0.1) is 0 Å². The lowest BCUT2D eigenvalue weighted by atomic mass is 9.94. The lowest BCUT2D eigenvalue weighted by molar-refractivity contribution is -0.149. The van der Waals surface area contributed by atoms with Gasteiger partial charge in [0.05, 0.1) is 27.9 Å². The molecule has 1 aromatic rings. The number of carbonyl (C=O) groups excluding carboxylic acids is 2. The average molecular weight is 442 g/mol. The first-order chi connectivity index (χ1) is 13.8. The molecule has 2 aliphatic rings. The molecule has 160 valence electrons. The summed E-state index contributed by atoms with van der Waals surface area (Å²) in [6, 6.07) is 5.13. The Balaban J connectivity index is 1.42. The SMILES string of the molecule is CC1CN(C(=O)C2CCN(CCC(=O)Nc3c(Cl)cccc3Cl)CC2)CC(C)O1. The van der Waals surface area contributed by atoms with Crippen LogP contribution in [0.25, 0.3) is 0 Å². The minimum atomic E-state index is -0.116. The number of carbonyl (C=O) groups is 2. The zero-order chi connectivity index (χ0) is 21.0. The van der Waals surface area contributed by atoms with Crippen LogP contribution in [0.4, 0.5) is 5.69 Å². The molecule has 29 heavy (non-hydrogen) atoms. The van der Waals surface area contributed by atoms with E-state index in [1.54, 1.807) is 18.2 Å². The summed E-state index contributed by atoms with van der Waals surface area (Å²) in [5.41, 5.74) is 0.458. The Morgan fingerprint density at radius 3 is 2.28 bits per heavy atom. The Morgan fingerprint density at radius 1 is 1.10 bits per heavy atom. The van der Waals surface area contributed by atoms with E-state index in [4.69, 9.17) is 27.9 Å². The summed E-state index contributed by atoms with van der Waals surface area (Å²) in [5.74, 6) is 0.201. The fraction of sp³-hybridized carbons (Fsp3) is 0.619. The number of nitrogens with one attached hydrogen (secondary N) is 1. The molecule has 1 N–H and O–H groups in total. The van der Waals surface area contributed by atoms with Gasteiger partial charge in [-0.05, 0) is 51.9 Å². The van der Waals surface area contributed by atoms with Crippen LogP contribution in [0.1, 0.15) is 33.1 Å². The van der Waals surface area contributed by atoms with Crippen molar-refractivity contribution in [2.45, 2.75) is 45.3 Å². The monoisotopic (exact) mass is 441 g/mol. The summed E-state index contributed by atoms with van der Waals surface area (Å²) < 4.78 is 5.73. The maximum Gasteiger partial charge on any atom is 0.225 e. The molecule has 0 aromatic heterocycles. The molecule has 2 heterocycles. The Kier molecular flexibility index (Phi) is 7.79. The van der Waals surface area contributed by atoms with Crippen LogP contribution in [0.2, 0.25) is 10.0 Å². The van der Waals surface area contributed by atoms with E-state index < -0.39 is 0 Å². The standard InChI is InChI=1S/C21H29Cl2N3O3/c1-14-12-26(13-15(2)29-14)21(28)16-6-9-25(10-7-16)11-8-19(27)24-20-17(22)4-3-5-18(20)23/h3-5,14-16H,6-13H2,1-2H3,(H,24,27). The Bertz CT molecular complexity index is 708. The molecule has 2 fully saturated rings. The number of anilines is 1. The van der Waals surface area contributed by atoms with Crippen molar-refractivity contribution in [3.63, 3.8) is 0 Å². The highest BCUT2D eigenvalue weighted by Crippen LogP contribution is 2.30. The number of morpholine rings is 1. The van der Waals surface area contributed by atoms with Gasteiger partial charge in [-0.3, -0.25) is 9.59 Å². The van der Waals surface area contributed by atoms with Gasteiger partial charge < -0.3 is 19.9 Å². The molecule has 2 aliphatic heterocycles. The van der Waals surface area contributed by atoms with Gasteiger partial charge in [-0.1, -0.05) is 29.3 Å². The summed E-state index contributed by atoms with van der Waals surface area (Å²) in [6.45, 7) is 7.68. The van der Waals surface area contributed by atoms with Crippen molar-refractivity contribution in [1.82, 2.24) is 9.80 Å². The first-order valence-electron chi connectivity index (χ1n) is 10.2. The third-order valence-electron chi connectivity index (χ3n) is 5.55. The molecule has 3 rings (SSSR count). The van der Waals surface area contributed by atoms with Crippen molar-refractivity contribution in [2.75, 3.05) is 38.0 Å². The fourth-order valence-electron chi connectivity index (χ4n) is 4.10. The van der Waals surface area contributed by atoms with Crippen LogP contribution in [0.5, 0.6) is 0 Å². The summed E-state index contributed by atoms with van der Waals surface area (Å²) in [6.07, 6.45) is 2.20. The number of likely N-dealkylation sites (tertiary alicyclic amines) is 1. The third kappa shape index (κ3) is 6.07. The van der Waals surface area contributed by atoms with Gasteiger partial charge in [0.2, 0.25) is 11.8 Å². The highest BCUT2D eigenvalue weighted by Gasteiger charge is 2.32. The lowest BCUT2D eigenvalue weighted by Crippen LogP contribution is -2.51. The van der Waals surface area contributed by atoms with Gasteiger partial charge in [-0.25, -0.2) is 0 Å². The predicted octanol–water partition coefficient (Wildman–Crippen LogP) is 3.67. The highest BCUT2D eigenvalue weighted by atomic mass is 35.5. The molecular formula is C21H29Cl2N3O3. The molecule has 2 amide bonds. The van der Waals surface area contributed by atoms with Crippen molar-refractivity contribution < 1.29 is 14.3 Å². The Labute approximate surface area is 182 Å². The summed E-state index contributed by atoms with van der Waals surface area (Å²) in [5, 5.41) is 3.65. The molecule has 0 aliphatic carbocycles. The number of benzene rings is 1. The van der Waals surface area contributed by atoms with Crippen molar-refractivity contribution in [1.29, 1.82) is 0 Å². The smallest absolute Gasteiger partial charge is 0.225 e. The molecule has 0 bridgehead atoms. The largest absolute Gasteiger partial charge is 0.372 e. The van der Waals surface area contributed by atoms with Gasteiger partial charge in [0.1, 0.15) is 0 Å². The number of piperidine rings is 1. The molecule has 0 radical (unpaired) electrons. The van der Waals surface area contributed by atoms with E-state index in [-0.39, 0.29) is 29.9 Å². The molecule has 6 nitrogen and oxygen atoms in total. The van der Waals surface area contributed by atoms with Crippen molar-refractivity contribution in [3.8, 4) is 0 Å². The number of hydrogen-bond acceptors (Lipinski definition) is 4. The van der Waals surface area contributed by atoms with Crippen LogP contribution in [-0.2, 0) is 14.3 Å². The third-order valence-corrected chi connectivity index (χ3v) is 6.18. The second kappa shape index (κ2) is 10.1.